The predicted octanol–water partition coefficient (Wildman–Crippen LogP) is 2.07. The highest BCUT2D eigenvalue weighted by Gasteiger charge is 2.34. The van der Waals surface area contributed by atoms with Crippen LogP contribution in [-0.4, -0.2) is 68.1 Å². The molecule has 0 amide bonds. The number of rotatable bonds is 5. The van der Waals surface area contributed by atoms with Crippen molar-refractivity contribution in [3.63, 3.8) is 0 Å². The Labute approximate surface area is 127 Å². The maximum Gasteiger partial charge on any atom is 0.251 e. The van der Waals surface area contributed by atoms with Crippen LogP contribution < -0.4 is 5.32 Å². The second-order valence-electron chi connectivity index (χ2n) is 6.42. The van der Waals surface area contributed by atoms with E-state index in [0.29, 0.717) is 11.5 Å². The SMILES string of the molecule is CCC1CN(CC2(C)CCNC2)CCN1CC(F)F.Cl. The Hall–Kier alpha value is 0.0300. The third-order valence-electron chi connectivity index (χ3n) is 4.59. The number of hydrogen-bond donors (Lipinski definition) is 1. The first-order chi connectivity index (χ1) is 9.02. The minimum Gasteiger partial charge on any atom is -0.316 e. The highest BCUT2D eigenvalue weighted by molar-refractivity contribution is 5.85. The quantitative estimate of drug-likeness (QED) is 0.838. The van der Waals surface area contributed by atoms with Crippen molar-refractivity contribution in [1.82, 2.24) is 15.1 Å². The second-order valence-corrected chi connectivity index (χ2v) is 6.42. The molecule has 0 radical (unpaired) electrons. The highest BCUT2D eigenvalue weighted by Crippen LogP contribution is 2.27. The summed E-state index contributed by atoms with van der Waals surface area (Å²) in [5.41, 5.74) is 0.364. The van der Waals surface area contributed by atoms with E-state index in [2.05, 4.69) is 24.1 Å². The molecule has 0 aliphatic carbocycles. The molecular weight excluding hydrogens is 284 g/mol. The average molecular weight is 312 g/mol. The van der Waals surface area contributed by atoms with E-state index in [9.17, 15) is 8.78 Å². The largest absolute Gasteiger partial charge is 0.316 e. The van der Waals surface area contributed by atoms with Crippen LogP contribution in [0.15, 0.2) is 0 Å². The van der Waals surface area contributed by atoms with Gasteiger partial charge in [0.15, 0.2) is 0 Å². The van der Waals surface area contributed by atoms with Gasteiger partial charge in [-0.2, -0.15) is 0 Å². The zero-order chi connectivity index (χ0) is 13.9. The molecule has 2 unspecified atom stereocenters. The fraction of sp³-hybridized carbons (Fsp3) is 1.00. The molecule has 2 aliphatic rings. The van der Waals surface area contributed by atoms with Crippen LogP contribution in [0.3, 0.4) is 0 Å². The third-order valence-corrected chi connectivity index (χ3v) is 4.59. The summed E-state index contributed by atoms with van der Waals surface area (Å²) in [6, 6.07) is 0.292. The zero-order valence-corrected chi connectivity index (χ0v) is 13.4. The van der Waals surface area contributed by atoms with E-state index in [1.807, 2.05) is 4.90 Å². The molecule has 2 rings (SSSR count). The van der Waals surface area contributed by atoms with E-state index < -0.39 is 6.43 Å². The fourth-order valence-electron chi connectivity index (χ4n) is 3.45. The molecule has 0 aromatic heterocycles. The summed E-state index contributed by atoms with van der Waals surface area (Å²) in [7, 11) is 0. The molecule has 0 aromatic carbocycles. The normalized spacial score (nSPS) is 32.5. The van der Waals surface area contributed by atoms with Gasteiger partial charge in [0.2, 0.25) is 0 Å². The Morgan fingerprint density at radius 1 is 1.35 bits per heavy atom. The molecular formula is C14H28ClF2N3. The number of halogens is 3. The van der Waals surface area contributed by atoms with E-state index in [1.165, 1.54) is 6.42 Å². The minimum absolute atomic E-state index is 0. The second kappa shape index (κ2) is 7.87. The van der Waals surface area contributed by atoms with Gasteiger partial charge in [0.1, 0.15) is 0 Å². The van der Waals surface area contributed by atoms with Gasteiger partial charge in [-0.15, -0.1) is 12.4 Å². The lowest BCUT2D eigenvalue weighted by Crippen LogP contribution is -2.55. The molecule has 2 saturated heterocycles. The molecule has 2 fully saturated rings. The summed E-state index contributed by atoms with van der Waals surface area (Å²) in [5.74, 6) is 0. The van der Waals surface area contributed by atoms with Gasteiger partial charge in [-0.3, -0.25) is 9.80 Å². The lowest BCUT2D eigenvalue weighted by Gasteiger charge is -2.43. The van der Waals surface area contributed by atoms with Crippen molar-refractivity contribution in [2.45, 2.75) is 39.2 Å². The van der Waals surface area contributed by atoms with E-state index in [4.69, 9.17) is 0 Å². The summed E-state index contributed by atoms with van der Waals surface area (Å²) in [4.78, 5) is 4.44. The van der Waals surface area contributed by atoms with Gasteiger partial charge >= 0.3 is 0 Å². The monoisotopic (exact) mass is 311 g/mol. The van der Waals surface area contributed by atoms with Crippen LogP contribution in [0, 0.1) is 5.41 Å². The molecule has 20 heavy (non-hydrogen) atoms. The van der Waals surface area contributed by atoms with Crippen LogP contribution in [0.4, 0.5) is 8.78 Å². The van der Waals surface area contributed by atoms with Crippen molar-refractivity contribution in [3.05, 3.63) is 0 Å². The molecule has 0 aromatic rings. The van der Waals surface area contributed by atoms with Crippen LogP contribution in [0.5, 0.6) is 0 Å². The predicted molar refractivity (Wildman–Crippen MR) is 80.9 cm³/mol. The number of hydrogen-bond acceptors (Lipinski definition) is 3. The highest BCUT2D eigenvalue weighted by atomic mass is 35.5. The Balaban J connectivity index is 0.00000200. The van der Waals surface area contributed by atoms with Crippen LogP contribution in [0.25, 0.3) is 0 Å². The smallest absolute Gasteiger partial charge is 0.251 e. The molecule has 6 heteroatoms. The first kappa shape index (κ1) is 18.1. The zero-order valence-electron chi connectivity index (χ0n) is 12.6. The van der Waals surface area contributed by atoms with Gasteiger partial charge in [0.25, 0.3) is 6.43 Å². The summed E-state index contributed by atoms with van der Waals surface area (Å²) in [6.45, 7) is 10.3. The van der Waals surface area contributed by atoms with Crippen molar-refractivity contribution in [2.75, 3.05) is 45.8 Å². The summed E-state index contributed by atoms with van der Waals surface area (Å²) >= 11 is 0. The molecule has 2 heterocycles. The average Bonchev–Trinajstić information content (AvgIpc) is 2.77. The number of nitrogens with zero attached hydrogens (tertiary/aromatic N) is 2. The van der Waals surface area contributed by atoms with Gasteiger partial charge in [0, 0.05) is 38.8 Å². The van der Waals surface area contributed by atoms with Crippen molar-refractivity contribution in [3.8, 4) is 0 Å². The Morgan fingerprint density at radius 3 is 2.65 bits per heavy atom. The van der Waals surface area contributed by atoms with Crippen molar-refractivity contribution in [1.29, 1.82) is 0 Å². The van der Waals surface area contributed by atoms with E-state index in [1.54, 1.807) is 0 Å². The number of piperazine rings is 1. The maximum atomic E-state index is 12.6. The van der Waals surface area contributed by atoms with Crippen molar-refractivity contribution >= 4 is 12.4 Å². The van der Waals surface area contributed by atoms with Gasteiger partial charge in [0.05, 0.1) is 6.54 Å². The Bertz CT molecular complexity index is 286. The molecule has 2 atom stereocenters. The summed E-state index contributed by atoms with van der Waals surface area (Å²) < 4.78 is 25.1. The van der Waals surface area contributed by atoms with Crippen LogP contribution >= 0.6 is 12.4 Å². The van der Waals surface area contributed by atoms with Gasteiger partial charge < -0.3 is 5.32 Å². The molecule has 3 nitrogen and oxygen atoms in total. The molecule has 120 valence electrons. The fourth-order valence-corrected chi connectivity index (χ4v) is 3.45. The first-order valence-electron chi connectivity index (χ1n) is 7.48. The van der Waals surface area contributed by atoms with Gasteiger partial charge in [-0.1, -0.05) is 13.8 Å². The first-order valence-corrected chi connectivity index (χ1v) is 7.48. The minimum atomic E-state index is -2.21. The van der Waals surface area contributed by atoms with E-state index >= 15 is 0 Å². The van der Waals surface area contributed by atoms with Gasteiger partial charge in [-0.25, -0.2) is 8.78 Å². The summed E-state index contributed by atoms with van der Waals surface area (Å²) in [5, 5.41) is 3.43. The standard InChI is InChI=1S/C14H27F2N3.ClH/c1-3-12-8-18(6-7-19(12)9-13(15)16)11-14(2)4-5-17-10-14;/h12-13,17H,3-11H2,1-2H3;1H. The van der Waals surface area contributed by atoms with Crippen molar-refractivity contribution in [2.24, 2.45) is 5.41 Å². The Kier molecular flexibility index (Phi) is 7.12. The topological polar surface area (TPSA) is 18.5 Å². The molecule has 0 spiro atoms. The van der Waals surface area contributed by atoms with Crippen LogP contribution in [0.1, 0.15) is 26.7 Å². The molecule has 0 saturated carbocycles. The maximum absolute atomic E-state index is 12.6. The van der Waals surface area contributed by atoms with E-state index in [0.717, 1.165) is 45.7 Å². The third kappa shape index (κ3) is 4.79. The van der Waals surface area contributed by atoms with Crippen LogP contribution in [-0.2, 0) is 0 Å². The Morgan fingerprint density at radius 2 is 2.10 bits per heavy atom. The molecule has 1 N–H and O–H groups in total. The lowest BCUT2D eigenvalue weighted by molar-refractivity contribution is 0.00922. The molecule has 2 aliphatic heterocycles. The number of alkyl halides is 2. The van der Waals surface area contributed by atoms with Crippen LogP contribution in [0.2, 0.25) is 0 Å². The summed E-state index contributed by atoms with van der Waals surface area (Å²) in [6.07, 6.45) is -0.0312. The van der Waals surface area contributed by atoms with Crippen molar-refractivity contribution < 1.29 is 8.78 Å². The molecule has 0 bridgehead atoms. The van der Waals surface area contributed by atoms with E-state index in [-0.39, 0.29) is 19.0 Å². The van der Waals surface area contributed by atoms with Gasteiger partial charge in [-0.05, 0) is 24.8 Å². The number of nitrogens with one attached hydrogen (secondary N) is 1. The lowest BCUT2D eigenvalue weighted by atomic mass is 9.88.